The highest BCUT2D eigenvalue weighted by Crippen LogP contribution is 2.50. The lowest BCUT2D eigenvalue weighted by atomic mass is 9.58. The van der Waals surface area contributed by atoms with Crippen LogP contribution in [0.2, 0.25) is 0 Å². The van der Waals surface area contributed by atoms with Crippen molar-refractivity contribution in [3.05, 3.63) is 0 Å². The second-order valence-electron chi connectivity index (χ2n) is 10.7. The molecule has 3 rings (SSSR count). The minimum absolute atomic E-state index is 0.257. The molecule has 0 aromatic heterocycles. The molecule has 0 aromatic rings. The molecule has 3 fully saturated rings. The summed E-state index contributed by atoms with van der Waals surface area (Å²) in [6.45, 7) is 11.2. The molecule has 2 saturated carbocycles. The summed E-state index contributed by atoms with van der Waals surface area (Å²) >= 11 is 0. The first-order chi connectivity index (χ1) is 13.9. The van der Waals surface area contributed by atoms with Crippen molar-refractivity contribution in [2.75, 3.05) is 34.5 Å². The van der Waals surface area contributed by atoms with E-state index in [2.05, 4.69) is 27.7 Å². The van der Waals surface area contributed by atoms with Crippen molar-refractivity contribution in [1.29, 1.82) is 0 Å². The van der Waals surface area contributed by atoms with E-state index in [1.165, 1.54) is 25.7 Å². The van der Waals surface area contributed by atoms with Crippen LogP contribution < -0.4 is 0 Å². The smallest absolute Gasteiger partial charge is 0.0836 e. The molecule has 1 saturated heterocycles. The first-order valence-electron chi connectivity index (χ1n) is 12.1. The summed E-state index contributed by atoms with van der Waals surface area (Å²) in [5.74, 6) is 5.63. The molecule has 2 aliphatic carbocycles. The van der Waals surface area contributed by atoms with E-state index in [1.54, 1.807) is 0 Å². The summed E-state index contributed by atoms with van der Waals surface area (Å²) in [5.41, 5.74) is 0. The van der Waals surface area contributed by atoms with E-state index in [-0.39, 0.29) is 6.10 Å². The highest BCUT2D eigenvalue weighted by Gasteiger charge is 2.48. The van der Waals surface area contributed by atoms with Gasteiger partial charge in [-0.3, -0.25) is 0 Å². The lowest BCUT2D eigenvalue weighted by Gasteiger charge is -2.52. The Morgan fingerprint density at radius 2 is 1.31 bits per heavy atom. The molecular weight excluding hydrogens is 364 g/mol. The molecule has 9 unspecified atom stereocenters. The molecule has 0 aromatic carbocycles. The predicted octanol–water partition coefficient (Wildman–Crippen LogP) is 5.05. The third-order valence-electron chi connectivity index (χ3n) is 8.79. The molecule has 29 heavy (non-hydrogen) atoms. The van der Waals surface area contributed by atoms with Crippen molar-refractivity contribution >= 4 is 0 Å². The van der Waals surface area contributed by atoms with Crippen molar-refractivity contribution in [3.8, 4) is 0 Å². The van der Waals surface area contributed by atoms with Crippen LogP contribution in [0.3, 0.4) is 0 Å². The second kappa shape index (κ2) is 10.4. The van der Waals surface area contributed by atoms with E-state index >= 15 is 0 Å². The molecule has 4 nitrogen and oxygen atoms in total. The van der Waals surface area contributed by atoms with Crippen molar-refractivity contribution in [3.63, 3.8) is 0 Å². The topological polar surface area (TPSA) is 36.9 Å². The lowest BCUT2D eigenvalue weighted by molar-refractivity contribution is -0.132. The normalized spacial score (nSPS) is 42.2. The van der Waals surface area contributed by atoms with Crippen molar-refractivity contribution in [1.82, 2.24) is 0 Å². The van der Waals surface area contributed by atoms with Crippen LogP contribution in [0.4, 0.5) is 0 Å². The number of ether oxygens (including phenoxy) is 4. The second-order valence-corrected chi connectivity index (χ2v) is 10.7. The van der Waals surface area contributed by atoms with Gasteiger partial charge >= 0.3 is 0 Å². The molecule has 4 heteroatoms. The fourth-order valence-corrected chi connectivity index (χ4v) is 6.87. The SMILES string of the molecule is COC1COCCC1C(C)CC1C[C@@H](C(C)CC2CC(C(C)C)C2OC)C1OC. The summed E-state index contributed by atoms with van der Waals surface area (Å²) in [5, 5.41) is 0. The van der Waals surface area contributed by atoms with Gasteiger partial charge in [0.05, 0.1) is 24.9 Å². The van der Waals surface area contributed by atoms with Crippen LogP contribution in [0.15, 0.2) is 0 Å². The Kier molecular flexibility index (Phi) is 8.46. The van der Waals surface area contributed by atoms with Gasteiger partial charge in [-0.2, -0.15) is 0 Å². The van der Waals surface area contributed by atoms with Gasteiger partial charge in [-0.25, -0.2) is 0 Å². The number of rotatable bonds is 10. The highest BCUT2D eigenvalue weighted by atomic mass is 16.5. The van der Waals surface area contributed by atoms with Crippen LogP contribution in [0, 0.1) is 47.3 Å². The van der Waals surface area contributed by atoms with Gasteiger partial charge in [0.2, 0.25) is 0 Å². The van der Waals surface area contributed by atoms with Gasteiger partial charge in [-0.1, -0.05) is 27.7 Å². The summed E-state index contributed by atoms with van der Waals surface area (Å²) in [7, 11) is 5.65. The van der Waals surface area contributed by atoms with Gasteiger partial charge in [-0.15, -0.1) is 0 Å². The standard InChI is InChI=1S/C25H46O4/c1-15(2)21-12-18(24(21)27-6)11-17(4)22-13-19(25(22)28-7)10-16(3)20-8-9-29-14-23(20)26-5/h15-25H,8-14H2,1-7H3/t16?,17?,18?,19?,20?,21?,22-,23?,24?,25?/m0/s1. The number of methoxy groups -OCH3 is 3. The quantitative estimate of drug-likeness (QED) is 0.505. The van der Waals surface area contributed by atoms with Gasteiger partial charge < -0.3 is 18.9 Å². The van der Waals surface area contributed by atoms with Gasteiger partial charge in [0.25, 0.3) is 0 Å². The zero-order valence-corrected chi connectivity index (χ0v) is 19.9. The molecule has 0 spiro atoms. The van der Waals surface area contributed by atoms with Crippen molar-refractivity contribution < 1.29 is 18.9 Å². The molecule has 1 heterocycles. The van der Waals surface area contributed by atoms with Crippen molar-refractivity contribution in [2.45, 2.75) is 78.1 Å². The maximum absolute atomic E-state index is 6.03. The Bertz CT molecular complexity index is 495. The fourth-order valence-electron chi connectivity index (χ4n) is 6.87. The Hall–Kier alpha value is -0.160. The number of hydrogen-bond acceptors (Lipinski definition) is 4. The van der Waals surface area contributed by atoms with Gasteiger partial charge in [0.15, 0.2) is 0 Å². The van der Waals surface area contributed by atoms with E-state index in [0.717, 1.165) is 43.3 Å². The van der Waals surface area contributed by atoms with Gasteiger partial charge in [0.1, 0.15) is 0 Å². The van der Waals surface area contributed by atoms with Gasteiger partial charge in [0, 0.05) is 27.9 Å². The summed E-state index contributed by atoms with van der Waals surface area (Å²) in [4.78, 5) is 0. The third-order valence-corrected chi connectivity index (χ3v) is 8.79. The molecule has 3 aliphatic rings. The van der Waals surface area contributed by atoms with E-state index in [1.807, 2.05) is 21.3 Å². The Labute approximate surface area is 179 Å². The molecule has 0 radical (unpaired) electrons. The molecule has 170 valence electrons. The van der Waals surface area contributed by atoms with Gasteiger partial charge in [-0.05, 0) is 79.4 Å². The first kappa shape index (κ1) is 23.5. The monoisotopic (exact) mass is 410 g/mol. The lowest BCUT2D eigenvalue weighted by Crippen LogP contribution is -2.51. The van der Waals surface area contributed by atoms with Crippen LogP contribution >= 0.6 is 0 Å². The van der Waals surface area contributed by atoms with Crippen LogP contribution in [-0.2, 0) is 18.9 Å². The van der Waals surface area contributed by atoms with Crippen LogP contribution in [0.25, 0.3) is 0 Å². The average molecular weight is 411 g/mol. The van der Waals surface area contributed by atoms with E-state index in [4.69, 9.17) is 18.9 Å². The molecule has 0 N–H and O–H groups in total. The van der Waals surface area contributed by atoms with Crippen LogP contribution in [0.1, 0.15) is 59.8 Å². The zero-order chi connectivity index (χ0) is 21.1. The molecule has 0 amide bonds. The van der Waals surface area contributed by atoms with E-state index in [9.17, 15) is 0 Å². The summed E-state index contributed by atoms with van der Waals surface area (Å²) in [6.07, 6.45) is 7.49. The molecule has 1 aliphatic heterocycles. The minimum Gasteiger partial charge on any atom is -0.381 e. The highest BCUT2D eigenvalue weighted by molar-refractivity contribution is 4.98. The number of hydrogen-bond donors (Lipinski definition) is 0. The van der Waals surface area contributed by atoms with Crippen LogP contribution in [0.5, 0.6) is 0 Å². The maximum atomic E-state index is 6.03. The average Bonchev–Trinajstić information content (AvgIpc) is 2.67. The minimum atomic E-state index is 0.257. The Balaban J connectivity index is 1.48. The predicted molar refractivity (Wildman–Crippen MR) is 117 cm³/mol. The Morgan fingerprint density at radius 1 is 0.759 bits per heavy atom. The third kappa shape index (κ3) is 5.02. The Morgan fingerprint density at radius 3 is 1.86 bits per heavy atom. The maximum Gasteiger partial charge on any atom is 0.0836 e. The molecule has 10 atom stereocenters. The summed E-state index contributed by atoms with van der Waals surface area (Å²) in [6, 6.07) is 0. The largest absolute Gasteiger partial charge is 0.381 e. The van der Waals surface area contributed by atoms with E-state index < -0.39 is 0 Å². The first-order valence-corrected chi connectivity index (χ1v) is 12.1. The van der Waals surface area contributed by atoms with E-state index in [0.29, 0.717) is 35.9 Å². The summed E-state index contributed by atoms with van der Waals surface area (Å²) < 4.78 is 23.2. The zero-order valence-electron chi connectivity index (χ0n) is 19.9. The molecule has 0 bridgehead atoms. The van der Waals surface area contributed by atoms with Crippen molar-refractivity contribution in [2.24, 2.45) is 47.3 Å². The molecular formula is C25H46O4. The van der Waals surface area contributed by atoms with Crippen LogP contribution in [-0.4, -0.2) is 52.9 Å². The fraction of sp³-hybridized carbons (Fsp3) is 1.00.